The molecule has 0 heterocycles. The van der Waals surface area contributed by atoms with Crippen LogP contribution in [0.1, 0.15) is 17.3 Å². The maximum Gasteiger partial charge on any atom is 0.255 e. The van der Waals surface area contributed by atoms with Crippen LogP contribution in [0.3, 0.4) is 0 Å². The number of hydrogen-bond donors (Lipinski definition) is 3. The van der Waals surface area contributed by atoms with E-state index in [1.165, 1.54) is 55.6 Å². The van der Waals surface area contributed by atoms with Crippen LogP contribution in [0.5, 0.6) is 0 Å². The topological polar surface area (TPSA) is 121 Å². The fourth-order valence-corrected chi connectivity index (χ4v) is 3.87. The molecule has 140 valence electrons. The average Bonchev–Trinajstić information content (AvgIpc) is 2.62. The lowest BCUT2D eigenvalue weighted by molar-refractivity contribution is 0.102. The summed E-state index contributed by atoms with van der Waals surface area (Å²) in [7, 11) is -5.81. The molecule has 0 saturated carbocycles. The first kappa shape index (κ1) is 20.0. The zero-order valence-electron chi connectivity index (χ0n) is 14.2. The Kier molecular flexibility index (Phi) is 6.13. The summed E-state index contributed by atoms with van der Waals surface area (Å²) in [6.07, 6.45) is 0. The number of carbonyl (C=O) groups is 1. The van der Waals surface area contributed by atoms with Gasteiger partial charge in [-0.05, 0) is 55.6 Å². The molecule has 0 spiro atoms. The van der Waals surface area contributed by atoms with Gasteiger partial charge in [0.1, 0.15) is 0 Å². The summed E-state index contributed by atoms with van der Waals surface area (Å²) < 4.78 is 51.6. The van der Waals surface area contributed by atoms with Gasteiger partial charge in [-0.25, -0.2) is 26.3 Å². The van der Waals surface area contributed by atoms with Crippen LogP contribution in [-0.2, 0) is 20.0 Å². The maximum atomic E-state index is 12.2. The Bertz CT molecular complexity index is 983. The SMILES string of the molecule is CCNS(=O)(=O)c1ccc(C(=O)Nc2ccc(S(=O)(=O)NC)cc2)cc1. The zero-order valence-corrected chi connectivity index (χ0v) is 15.8. The summed E-state index contributed by atoms with van der Waals surface area (Å²) >= 11 is 0. The highest BCUT2D eigenvalue weighted by atomic mass is 32.2. The van der Waals surface area contributed by atoms with Crippen LogP contribution in [0.15, 0.2) is 58.3 Å². The van der Waals surface area contributed by atoms with Gasteiger partial charge in [0.05, 0.1) is 9.79 Å². The van der Waals surface area contributed by atoms with Crippen molar-refractivity contribution in [1.82, 2.24) is 9.44 Å². The lowest BCUT2D eigenvalue weighted by Crippen LogP contribution is -2.23. The van der Waals surface area contributed by atoms with Gasteiger partial charge < -0.3 is 5.32 Å². The Morgan fingerprint density at radius 2 is 1.35 bits per heavy atom. The first-order valence-corrected chi connectivity index (χ1v) is 10.6. The van der Waals surface area contributed by atoms with Gasteiger partial charge in [0, 0.05) is 17.8 Å². The Hall–Kier alpha value is -2.27. The van der Waals surface area contributed by atoms with Gasteiger partial charge in [0.15, 0.2) is 0 Å². The summed E-state index contributed by atoms with van der Waals surface area (Å²) in [5.74, 6) is -0.443. The molecule has 0 unspecified atom stereocenters. The van der Waals surface area contributed by atoms with Crippen LogP contribution in [0.2, 0.25) is 0 Å². The van der Waals surface area contributed by atoms with Crippen molar-refractivity contribution in [2.24, 2.45) is 0 Å². The monoisotopic (exact) mass is 397 g/mol. The average molecular weight is 397 g/mol. The molecule has 2 aromatic carbocycles. The van der Waals surface area contributed by atoms with E-state index in [4.69, 9.17) is 0 Å². The number of benzene rings is 2. The standard InChI is InChI=1S/C16H19N3O5S2/c1-3-18-26(23,24)15-8-4-12(5-9-15)16(20)19-13-6-10-14(11-7-13)25(21,22)17-2/h4-11,17-18H,3H2,1-2H3,(H,19,20). The van der Waals surface area contributed by atoms with Crippen molar-refractivity contribution >= 4 is 31.6 Å². The van der Waals surface area contributed by atoms with Crippen molar-refractivity contribution in [1.29, 1.82) is 0 Å². The highest BCUT2D eigenvalue weighted by Gasteiger charge is 2.14. The van der Waals surface area contributed by atoms with Gasteiger partial charge in [-0.1, -0.05) is 6.92 Å². The van der Waals surface area contributed by atoms with Gasteiger partial charge in [0.25, 0.3) is 5.91 Å². The van der Waals surface area contributed by atoms with E-state index in [1.54, 1.807) is 6.92 Å². The molecule has 8 nitrogen and oxygen atoms in total. The minimum Gasteiger partial charge on any atom is -0.322 e. The van der Waals surface area contributed by atoms with E-state index < -0.39 is 26.0 Å². The van der Waals surface area contributed by atoms with Crippen LogP contribution in [0.4, 0.5) is 5.69 Å². The third-order valence-corrected chi connectivity index (χ3v) is 6.44. The molecule has 0 aliphatic carbocycles. The van der Waals surface area contributed by atoms with Crippen LogP contribution < -0.4 is 14.8 Å². The van der Waals surface area contributed by atoms with Crippen molar-refractivity contribution in [3.63, 3.8) is 0 Å². The molecule has 26 heavy (non-hydrogen) atoms. The molecule has 0 atom stereocenters. The molecule has 0 bridgehead atoms. The predicted octanol–water partition coefficient (Wildman–Crippen LogP) is 1.15. The van der Waals surface area contributed by atoms with E-state index in [0.29, 0.717) is 5.69 Å². The van der Waals surface area contributed by atoms with Gasteiger partial charge in [-0.2, -0.15) is 0 Å². The number of carbonyl (C=O) groups excluding carboxylic acids is 1. The Labute approximate surface area is 152 Å². The molecule has 1 amide bonds. The quantitative estimate of drug-likeness (QED) is 0.647. The second kappa shape index (κ2) is 7.96. The Morgan fingerprint density at radius 1 is 0.846 bits per heavy atom. The number of rotatable bonds is 7. The molecule has 0 aliphatic rings. The first-order chi connectivity index (χ1) is 12.2. The lowest BCUT2D eigenvalue weighted by Gasteiger charge is -2.08. The highest BCUT2D eigenvalue weighted by molar-refractivity contribution is 7.89. The van der Waals surface area contributed by atoms with Crippen LogP contribution in [-0.4, -0.2) is 36.3 Å². The van der Waals surface area contributed by atoms with Crippen molar-refractivity contribution < 1.29 is 21.6 Å². The second-order valence-electron chi connectivity index (χ2n) is 5.21. The van der Waals surface area contributed by atoms with Crippen LogP contribution in [0, 0.1) is 0 Å². The number of sulfonamides is 2. The molecular weight excluding hydrogens is 378 g/mol. The van der Waals surface area contributed by atoms with Crippen LogP contribution in [0.25, 0.3) is 0 Å². The second-order valence-corrected chi connectivity index (χ2v) is 8.87. The van der Waals surface area contributed by atoms with E-state index in [1.807, 2.05) is 0 Å². The smallest absolute Gasteiger partial charge is 0.255 e. The molecule has 0 aliphatic heterocycles. The van der Waals surface area contributed by atoms with Gasteiger partial charge in [0.2, 0.25) is 20.0 Å². The number of anilines is 1. The van der Waals surface area contributed by atoms with Crippen molar-refractivity contribution in [3.8, 4) is 0 Å². The largest absolute Gasteiger partial charge is 0.322 e. The predicted molar refractivity (Wildman–Crippen MR) is 97.9 cm³/mol. The summed E-state index contributed by atoms with van der Waals surface area (Å²) in [5.41, 5.74) is 0.682. The van der Waals surface area contributed by atoms with E-state index >= 15 is 0 Å². The van der Waals surface area contributed by atoms with Crippen LogP contribution >= 0.6 is 0 Å². The summed E-state index contributed by atoms with van der Waals surface area (Å²) in [4.78, 5) is 12.4. The first-order valence-electron chi connectivity index (χ1n) is 7.64. The number of hydrogen-bond acceptors (Lipinski definition) is 5. The lowest BCUT2D eigenvalue weighted by atomic mass is 10.2. The molecule has 0 radical (unpaired) electrons. The van der Waals surface area contributed by atoms with E-state index in [-0.39, 0.29) is 21.9 Å². The van der Waals surface area contributed by atoms with Gasteiger partial charge in [-0.15, -0.1) is 0 Å². The third-order valence-electron chi connectivity index (χ3n) is 3.45. The minimum atomic E-state index is -3.58. The van der Waals surface area contributed by atoms with E-state index in [2.05, 4.69) is 14.8 Å². The normalized spacial score (nSPS) is 11.9. The van der Waals surface area contributed by atoms with Crippen molar-refractivity contribution in [3.05, 3.63) is 54.1 Å². The Morgan fingerprint density at radius 3 is 1.85 bits per heavy atom. The number of amides is 1. The molecule has 0 aromatic heterocycles. The minimum absolute atomic E-state index is 0.0672. The molecule has 10 heteroatoms. The summed E-state index contributed by atoms with van der Waals surface area (Å²) in [5, 5.41) is 2.62. The molecule has 0 fully saturated rings. The maximum absolute atomic E-state index is 12.2. The fourth-order valence-electron chi connectivity index (χ4n) is 2.10. The zero-order chi connectivity index (χ0) is 19.4. The third kappa shape index (κ3) is 4.67. The van der Waals surface area contributed by atoms with Gasteiger partial charge in [-0.3, -0.25) is 4.79 Å². The fraction of sp³-hybridized carbons (Fsp3) is 0.188. The molecule has 0 saturated heterocycles. The summed E-state index contributed by atoms with van der Waals surface area (Å²) in [6.45, 7) is 1.94. The van der Waals surface area contributed by atoms with Crippen molar-refractivity contribution in [2.75, 3.05) is 18.9 Å². The molecule has 3 N–H and O–H groups in total. The number of nitrogens with one attached hydrogen (secondary N) is 3. The van der Waals surface area contributed by atoms with E-state index in [9.17, 15) is 21.6 Å². The molecule has 2 aromatic rings. The highest BCUT2D eigenvalue weighted by Crippen LogP contribution is 2.16. The summed E-state index contributed by atoms with van der Waals surface area (Å²) in [6, 6.07) is 11.2. The van der Waals surface area contributed by atoms with Crippen molar-refractivity contribution in [2.45, 2.75) is 16.7 Å². The molecular formula is C16H19N3O5S2. The van der Waals surface area contributed by atoms with E-state index in [0.717, 1.165) is 0 Å². The molecule has 2 rings (SSSR count). The van der Waals surface area contributed by atoms with Gasteiger partial charge >= 0.3 is 0 Å². The Balaban J connectivity index is 2.13.